The van der Waals surface area contributed by atoms with Crippen LogP contribution in [-0.4, -0.2) is 24.9 Å². The van der Waals surface area contributed by atoms with E-state index in [9.17, 15) is 4.79 Å². The van der Waals surface area contributed by atoms with E-state index in [-0.39, 0.29) is 12.2 Å². The van der Waals surface area contributed by atoms with E-state index in [0.717, 1.165) is 24.2 Å². The summed E-state index contributed by atoms with van der Waals surface area (Å²) in [5.74, 6) is 1.23. The van der Waals surface area contributed by atoms with E-state index < -0.39 is 4.33 Å². The summed E-state index contributed by atoms with van der Waals surface area (Å²) in [6.45, 7) is 1.40. The molecule has 1 fully saturated rings. The van der Waals surface area contributed by atoms with Crippen molar-refractivity contribution in [1.82, 2.24) is 14.8 Å². The highest BCUT2D eigenvalue weighted by Gasteiger charge is 2.34. The number of alkyl halides is 2. The van der Waals surface area contributed by atoms with Crippen LogP contribution in [0, 0.1) is 0 Å². The number of carbonyl (C=O) groups is 1. The van der Waals surface area contributed by atoms with Gasteiger partial charge < -0.3 is 4.57 Å². The maximum atomic E-state index is 11.7. The molecule has 3 rings (SSSR count). The van der Waals surface area contributed by atoms with E-state index in [1.165, 1.54) is 26.2 Å². The highest BCUT2D eigenvalue weighted by atomic mass is 35.5. The van der Waals surface area contributed by atoms with Crippen LogP contribution >= 0.6 is 23.2 Å². The van der Waals surface area contributed by atoms with Crippen LogP contribution in [-0.2, 0) is 11.2 Å². The number of rotatable bonds is 5. The largest absolute Gasteiger partial charge is 0.308 e. The molecule has 24 heavy (non-hydrogen) atoms. The summed E-state index contributed by atoms with van der Waals surface area (Å²) in [6.07, 6.45) is 5.98. The third-order valence-corrected chi connectivity index (χ3v) is 5.43. The number of benzene rings is 1. The van der Waals surface area contributed by atoms with Crippen LogP contribution in [0.2, 0.25) is 0 Å². The Morgan fingerprint density at radius 2 is 1.83 bits per heavy atom. The van der Waals surface area contributed by atoms with Crippen molar-refractivity contribution in [2.24, 2.45) is 0 Å². The SMILES string of the molecule is CC(=O)C(Cl)(Cl)Cc1nnc(-c2ccccc2)n1C1CCCCC1. The van der Waals surface area contributed by atoms with E-state index in [1.807, 2.05) is 30.3 Å². The van der Waals surface area contributed by atoms with E-state index >= 15 is 0 Å². The van der Waals surface area contributed by atoms with E-state index in [2.05, 4.69) is 14.8 Å². The number of nitrogens with zero attached hydrogens (tertiary/aromatic N) is 3. The minimum Gasteiger partial charge on any atom is -0.308 e. The molecule has 0 bridgehead atoms. The van der Waals surface area contributed by atoms with Gasteiger partial charge in [-0.2, -0.15) is 0 Å². The molecular weight excluding hydrogens is 345 g/mol. The molecule has 1 aromatic heterocycles. The molecule has 0 amide bonds. The molecule has 0 aliphatic heterocycles. The summed E-state index contributed by atoms with van der Waals surface area (Å²) < 4.78 is 0.685. The first-order valence-electron chi connectivity index (χ1n) is 8.37. The number of Topliss-reactive ketones (excluding diaryl/α,β-unsaturated/α-hetero) is 1. The zero-order valence-electron chi connectivity index (χ0n) is 13.7. The van der Waals surface area contributed by atoms with Gasteiger partial charge in [0.1, 0.15) is 5.82 Å². The van der Waals surface area contributed by atoms with Gasteiger partial charge in [-0.1, -0.05) is 72.8 Å². The molecule has 1 aliphatic rings. The summed E-state index contributed by atoms with van der Waals surface area (Å²) in [5.41, 5.74) is 1.01. The molecular formula is C18H21Cl2N3O. The van der Waals surface area contributed by atoms with E-state index in [1.54, 1.807) is 0 Å². The fourth-order valence-corrected chi connectivity index (χ4v) is 3.51. The second-order valence-corrected chi connectivity index (χ2v) is 7.89. The predicted octanol–water partition coefficient (Wildman–Crippen LogP) is 4.76. The lowest BCUT2D eigenvalue weighted by Crippen LogP contribution is -2.29. The molecule has 1 aromatic carbocycles. The number of aromatic nitrogens is 3. The van der Waals surface area contributed by atoms with Crippen LogP contribution in [0.15, 0.2) is 30.3 Å². The van der Waals surface area contributed by atoms with Crippen LogP contribution < -0.4 is 0 Å². The molecule has 0 atom stereocenters. The van der Waals surface area contributed by atoms with Gasteiger partial charge in [0.05, 0.1) is 0 Å². The number of carbonyl (C=O) groups excluding carboxylic acids is 1. The lowest BCUT2D eigenvalue weighted by molar-refractivity contribution is -0.117. The van der Waals surface area contributed by atoms with Gasteiger partial charge in [0.2, 0.25) is 0 Å². The fourth-order valence-electron chi connectivity index (χ4n) is 3.27. The Kier molecular flexibility index (Phi) is 5.26. The minimum absolute atomic E-state index is 0.168. The standard InChI is InChI=1S/C18H21Cl2N3O/c1-13(24)18(19,20)12-16-21-22-17(14-8-4-2-5-9-14)23(16)15-10-6-3-7-11-15/h2,4-5,8-9,15H,3,6-7,10-12H2,1H3. The van der Waals surface area contributed by atoms with Crippen LogP contribution in [0.5, 0.6) is 0 Å². The van der Waals surface area contributed by atoms with Crippen molar-refractivity contribution in [3.8, 4) is 11.4 Å². The minimum atomic E-state index is -1.46. The Hall–Kier alpha value is -1.39. The lowest BCUT2D eigenvalue weighted by Gasteiger charge is -2.27. The normalized spacial score (nSPS) is 16.3. The number of hydrogen-bond donors (Lipinski definition) is 0. The van der Waals surface area contributed by atoms with Crippen molar-refractivity contribution in [2.75, 3.05) is 0 Å². The van der Waals surface area contributed by atoms with Crippen molar-refractivity contribution in [3.05, 3.63) is 36.2 Å². The molecule has 2 aromatic rings. The number of halogens is 2. The number of hydrogen-bond acceptors (Lipinski definition) is 3. The molecule has 0 N–H and O–H groups in total. The third-order valence-electron chi connectivity index (χ3n) is 4.63. The first kappa shape index (κ1) is 17.4. The highest BCUT2D eigenvalue weighted by molar-refractivity contribution is 6.58. The van der Waals surface area contributed by atoms with Crippen molar-refractivity contribution in [2.45, 2.75) is 55.8 Å². The zero-order valence-corrected chi connectivity index (χ0v) is 15.2. The number of ketones is 1. The van der Waals surface area contributed by atoms with Crippen molar-refractivity contribution < 1.29 is 4.79 Å². The van der Waals surface area contributed by atoms with E-state index in [4.69, 9.17) is 23.2 Å². The fraction of sp³-hybridized carbons (Fsp3) is 0.500. The molecule has 1 saturated carbocycles. The van der Waals surface area contributed by atoms with Gasteiger partial charge >= 0.3 is 0 Å². The second kappa shape index (κ2) is 7.24. The van der Waals surface area contributed by atoms with Crippen LogP contribution in [0.1, 0.15) is 50.9 Å². The quantitative estimate of drug-likeness (QED) is 0.717. The smallest absolute Gasteiger partial charge is 0.182 e. The highest BCUT2D eigenvalue weighted by Crippen LogP contribution is 2.35. The second-order valence-electron chi connectivity index (χ2n) is 6.41. The van der Waals surface area contributed by atoms with Gasteiger partial charge in [0.15, 0.2) is 15.9 Å². The first-order chi connectivity index (χ1) is 11.5. The van der Waals surface area contributed by atoms with Gasteiger partial charge in [-0.25, -0.2) is 0 Å². The summed E-state index contributed by atoms with van der Waals surface area (Å²) in [7, 11) is 0. The lowest BCUT2D eigenvalue weighted by atomic mass is 9.94. The molecule has 0 radical (unpaired) electrons. The van der Waals surface area contributed by atoms with Crippen molar-refractivity contribution in [1.29, 1.82) is 0 Å². The molecule has 6 heteroatoms. The Morgan fingerprint density at radius 3 is 2.46 bits per heavy atom. The van der Waals surface area contributed by atoms with Crippen LogP contribution in [0.25, 0.3) is 11.4 Å². The van der Waals surface area contributed by atoms with Crippen LogP contribution in [0.4, 0.5) is 0 Å². The summed E-state index contributed by atoms with van der Waals surface area (Å²) in [6, 6.07) is 10.3. The van der Waals surface area contributed by atoms with Crippen molar-refractivity contribution in [3.63, 3.8) is 0 Å². The molecule has 0 spiro atoms. The van der Waals surface area contributed by atoms with Gasteiger partial charge in [-0.15, -0.1) is 10.2 Å². The third kappa shape index (κ3) is 3.65. The summed E-state index contributed by atoms with van der Waals surface area (Å²) in [5, 5.41) is 8.72. The zero-order chi connectivity index (χ0) is 17.2. The van der Waals surface area contributed by atoms with Gasteiger partial charge in [0, 0.05) is 18.0 Å². The molecule has 0 saturated heterocycles. The Labute approximate surface area is 152 Å². The van der Waals surface area contributed by atoms with Gasteiger partial charge in [-0.05, 0) is 19.8 Å². The predicted molar refractivity (Wildman–Crippen MR) is 96.4 cm³/mol. The van der Waals surface area contributed by atoms with Gasteiger partial charge in [-0.3, -0.25) is 4.79 Å². The Bertz CT molecular complexity index is 706. The van der Waals surface area contributed by atoms with Crippen LogP contribution in [0.3, 0.4) is 0 Å². The first-order valence-corrected chi connectivity index (χ1v) is 9.12. The average Bonchev–Trinajstić information content (AvgIpc) is 2.99. The average molecular weight is 366 g/mol. The molecule has 128 valence electrons. The van der Waals surface area contributed by atoms with Crippen molar-refractivity contribution >= 4 is 29.0 Å². The van der Waals surface area contributed by atoms with Gasteiger partial charge in [0.25, 0.3) is 0 Å². The molecule has 1 aliphatic carbocycles. The Balaban J connectivity index is 2.02. The maximum absolute atomic E-state index is 11.7. The molecule has 1 heterocycles. The molecule has 4 nitrogen and oxygen atoms in total. The summed E-state index contributed by atoms with van der Waals surface area (Å²) >= 11 is 12.4. The summed E-state index contributed by atoms with van der Waals surface area (Å²) in [4.78, 5) is 11.7. The molecule has 0 unspecified atom stereocenters. The Morgan fingerprint density at radius 1 is 1.17 bits per heavy atom. The topological polar surface area (TPSA) is 47.8 Å². The maximum Gasteiger partial charge on any atom is 0.182 e. The monoisotopic (exact) mass is 365 g/mol. The van der Waals surface area contributed by atoms with E-state index in [0.29, 0.717) is 11.9 Å².